The molecular formula is C10H18S. The van der Waals surface area contributed by atoms with Crippen molar-refractivity contribution in [1.29, 1.82) is 0 Å². The van der Waals surface area contributed by atoms with Crippen LogP contribution in [0.15, 0.2) is 11.0 Å². The molecule has 0 heterocycles. The molecule has 0 amide bonds. The highest BCUT2D eigenvalue weighted by atomic mass is 32.1. The van der Waals surface area contributed by atoms with Gasteiger partial charge >= 0.3 is 0 Å². The third kappa shape index (κ3) is 2.55. The van der Waals surface area contributed by atoms with Crippen molar-refractivity contribution in [3.05, 3.63) is 11.0 Å². The maximum Gasteiger partial charge on any atom is -0.0255 e. The molecule has 11 heavy (non-hydrogen) atoms. The number of rotatable bonds is 3. The summed E-state index contributed by atoms with van der Waals surface area (Å²) < 4.78 is 0. The molecule has 0 radical (unpaired) electrons. The molecule has 1 unspecified atom stereocenters. The molecule has 0 nitrogen and oxygen atoms in total. The van der Waals surface area contributed by atoms with E-state index in [0.717, 1.165) is 10.8 Å². The normalized spacial score (nSPS) is 24.9. The summed E-state index contributed by atoms with van der Waals surface area (Å²) >= 11 is 4.25. The fraction of sp³-hybridized carbons (Fsp3) is 0.800. The molecular weight excluding hydrogens is 152 g/mol. The van der Waals surface area contributed by atoms with Crippen LogP contribution in [0, 0.1) is 11.3 Å². The average Bonchev–Trinajstić information content (AvgIpc) is 2.64. The summed E-state index contributed by atoms with van der Waals surface area (Å²) in [5.41, 5.74) is 0.666. The van der Waals surface area contributed by atoms with Crippen LogP contribution in [0.5, 0.6) is 0 Å². The Hall–Kier alpha value is 0.0900. The van der Waals surface area contributed by atoms with E-state index in [4.69, 9.17) is 0 Å². The van der Waals surface area contributed by atoms with E-state index in [-0.39, 0.29) is 0 Å². The molecule has 0 aromatic rings. The predicted molar refractivity (Wildman–Crippen MR) is 53.9 cm³/mol. The van der Waals surface area contributed by atoms with Crippen LogP contribution in [0.4, 0.5) is 0 Å². The third-order valence-corrected chi connectivity index (χ3v) is 3.18. The van der Waals surface area contributed by atoms with Crippen molar-refractivity contribution in [3.63, 3.8) is 0 Å². The van der Waals surface area contributed by atoms with E-state index in [0.29, 0.717) is 5.41 Å². The zero-order chi connectivity index (χ0) is 8.48. The maximum absolute atomic E-state index is 4.25. The summed E-state index contributed by atoms with van der Waals surface area (Å²) in [6, 6.07) is 0. The summed E-state index contributed by atoms with van der Waals surface area (Å²) in [5.74, 6) is 0.838. The zero-order valence-electron chi connectivity index (χ0n) is 7.72. The van der Waals surface area contributed by atoms with Gasteiger partial charge in [-0.05, 0) is 42.4 Å². The highest BCUT2D eigenvalue weighted by molar-refractivity contribution is 7.84. The van der Waals surface area contributed by atoms with Crippen molar-refractivity contribution < 1.29 is 0 Å². The van der Waals surface area contributed by atoms with Gasteiger partial charge in [0.25, 0.3) is 0 Å². The van der Waals surface area contributed by atoms with Crippen LogP contribution in [0.1, 0.15) is 40.0 Å². The van der Waals surface area contributed by atoms with Crippen molar-refractivity contribution in [2.75, 3.05) is 0 Å². The Balaban J connectivity index is 2.32. The molecule has 1 aliphatic carbocycles. The minimum Gasteiger partial charge on any atom is -0.149 e. The van der Waals surface area contributed by atoms with Crippen molar-refractivity contribution in [2.24, 2.45) is 11.3 Å². The van der Waals surface area contributed by atoms with Crippen molar-refractivity contribution in [1.82, 2.24) is 0 Å². The van der Waals surface area contributed by atoms with Crippen LogP contribution in [0.25, 0.3) is 0 Å². The van der Waals surface area contributed by atoms with Crippen molar-refractivity contribution >= 4 is 12.6 Å². The quantitative estimate of drug-likeness (QED) is 0.614. The molecule has 0 saturated heterocycles. The second kappa shape index (κ2) is 3.22. The summed E-state index contributed by atoms with van der Waals surface area (Å²) in [7, 11) is 0. The van der Waals surface area contributed by atoms with Gasteiger partial charge in [0.1, 0.15) is 0 Å². The topological polar surface area (TPSA) is 0 Å². The van der Waals surface area contributed by atoms with E-state index in [9.17, 15) is 0 Å². The van der Waals surface area contributed by atoms with Crippen LogP contribution >= 0.6 is 12.6 Å². The molecule has 0 aliphatic heterocycles. The molecule has 1 atom stereocenters. The van der Waals surface area contributed by atoms with Gasteiger partial charge in [0.2, 0.25) is 0 Å². The number of allylic oxidation sites excluding steroid dienone is 2. The molecule has 1 heteroatoms. The molecule has 0 aromatic heterocycles. The number of thiol groups is 1. The Morgan fingerprint density at radius 3 is 2.55 bits per heavy atom. The highest BCUT2D eigenvalue weighted by Crippen LogP contribution is 2.52. The second-order valence-electron chi connectivity index (χ2n) is 4.14. The second-order valence-corrected chi connectivity index (χ2v) is 4.84. The first-order valence-electron chi connectivity index (χ1n) is 4.40. The van der Waals surface area contributed by atoms with E-state index >= 15 is 0 Å². The fourth-order valence-corrected chi connectivity index (χ4v) is 1.43. The van der Waals surface area contributed by atoms with Gasteiger partial charge in [-0.3, -0.25) is 0 Å². The summed E-state index contributed by atoms with van der Waals surface area (Å²) in [5, 5.41) is 0. The lowest BCUT2D eigenvalue weighted by Crippen LogP contribution is -2.06. The van der Waals surface area contributed by atoms with Crippen LogP contribution in [-0.4, -0.2) is 0 Å². The minimum atomic E-state index is 0.666. The summed E-state index contributed by atoms with van der Waals surface area (Å²) in [6.07, 6.45) is 6.28. The largest absolute Gasteiger partial charge is 0.149 e. The number of hydrogen-bond acceptors (Lipinski definition) is 1. The van der Waals surface area contributed by atoms with E-state index in [1.54, 1.807) is 0 Å². The minimum absolute atomic E-state index is 0.666. The van der Waals surface area contributed by atoms with Crippen molar-refractivity contribution in [3.8, 4) is 0 Å². The Morgan fingerprint density at radius 1 is 1.64 bits per heavy atom. The van der Waals surface area contributed by atoms with Gasteiger partial charge in [0, 0.05) is 0 Å². The molecule has 0 aromatic carbocycles. The van der Waals surface area contributed by atoms with Crippen LogP contribution in [0.3, 0.4) is 0 Å². The number of hydrogen-bond donors (Lipinski definition) is 1. The van der Waals surface area contributed by atoms with Crippen molar-refractivity contribution in [2.45, 2.75) is 40.0 Å². The third-order valence-electron chi connectivity index (χ3n) is 3.00. The van der Waals surface area contributed by atoms with E-state index in [1.807, 2.05) is 6.92 Å². The fourth-order valence-electron chi connectivity index (χ4n) is 1.32. The Bertz CT molecular complexity index is 162. The molecule has 0 spiro atoms. The standard InChI is InChI=1S/C10H18S/c1-8(4-5-9(2)11)10(3)6-7-10/h5,8,11H,4,6-7H2,1-3H3/b9-5+. The average molecular weight is 170 g/mol. The lowest BCUT2D eigenvalue weighted by atomic mass is 9.90. The maximum atomic E-state index is 4.25. The van der Waals surface area contributed by atoms with Crippen LogP contribution in [0.2, 0.25) is 0 Å². The van der Waals surface area contributed by atoms with E-state index in [1.165, 1.54) is 19.3 Å². The van der Waals surface area contributed by atoms with Gasteiger partial charge in [0.15, 0.2) is 0 Å². The van der Waals surface area contributed by atoms with Crippen LogP contribution < -0.4 is 0 Å². The predicted octanol–water partition coefficient (Wildman–Crippen LogP) is 3.65. The smallest absolute Gasteiger partial charge is 0.0255 e. The molecule has 1 rings (SSSR count). The molecule has 1 aliphatic rings. The monoisotopic (exact) mass is 170 g/mol. The Morgan fingerprint density at radius 2 is 2.18 bits per heavy atom. The molecule has 64 valence electrons. The van der Waals surface area contributed by atoms with Gasteiger partial charge in [-0.15, -0.1) is 12.6 Å². The highest BCUT2D eigenvalue weighted by Gasteiger charge is 2.41. The van der Waals surface area contributed by atoms with Gasteiger partial charge in [-0.2, -0.15) is 0 Å². The summed E-state index contributed by atoms with van der Waals surface area (Å²) in [6.45, 7) is 6.78. The van der Waals surface area contributed by atoms with E-state index in [2.05, 4.69) is 32.6 Å². The summed E-state index contributed by atoms with van der Waals surface area (Å²) in [4.78, 5) is 1.15. The van der Waals surface area contributed by atoms with Gasteiger partial charge in [0.05, 0.1) is 0 Å². The van der Waals surface area contributed by atoms with Gasteiger partial charge in [-0.25, -0.2) is 0 Å². The zero-order valence-corrected chi connectivity index (χ0v) is 8.62. The first-order chi connectivity index (χ1) is 5.04. The van der Waals surface area contributed by atoms with Crippen LogP contribution in [-0.2, 0) is 0 Å². The SMILES string of the molecule is C/C(S)=C\CC(C)C1(C)CC1. The molecule has 0 N–H and O–H groups in total. The Labute approximate surface area is 75.5 Å². The van der Waals surface area contributed by atoms with E-state index < -0.39 is 0 Å². The molecule has 1 saturated carbocycles. The first kappa shape index (κ1) is 9.18. The first-order valence-corrected chi connectivity index (χ1v) is 4.85. The lowest BCUT2D eigenvalue weighted by molar-refractivity contribution is 0.368. The van der Waals surface area contributed by atoms with Gasteiger partial charge in [-0.1, -0.05) is 19.9 Å². The molecule has 0 bridgehead atoms. The van der Waals surface area contributed by atoms with Gasteiger partial charge < -0.3 is 0 Å². The molecule has 1 fully saturated rings. The lowest BCUT2D eigenvalue weighted by Gasteiger charge is -2.16. The Kier molecular flexibility index (Phi) is 2.69.